The molecule has 0 N–H and O–H groups in total. The van der Waals surface area contributed by atoms with Crippen LogP contribution in [0, 0.1) is 5.92 Å². The largest absolute Gasteiger partial charge is 0.0885 e. The molecule has 136 valence electrons. The third-order valence-electron chi connectivity index (χ3n) is 4.96. The van der Waals surface area contributed by atoms with Gasteiger partial charge in [0, 0.05) is 0 Å². The molecule has 0 fully saturated rings. The van der Waals surface area contributed by atoms with Crippen molar-refractivity contribution in [2.24, 2.45) is 5.92 Å². The van der Waals surface area contributed by atoms with Gasteiger partial charge in [-0.25, -0.2) is 0 Å². The fourth-order valence-corrected chi connectivity index (χ4v) is 3.60. The molecule has 0 heterocycles. The summed E-state index contributed by atoms with van der Waals surface area (Å²) in [5.41, 5.74) is 3.06. The first-order chi connectivity index (χ1) is 11.8. The van der Waals surface area contributed by atoms with Crippen molar-refractivity contribution >= 4 is 0 Å². The maximum absolute atomic E-state index is 2.43. The van der Waals surface area contributed by atoms with E-state index >= 15 is 0 Å². The van der Waals surface area contributed by atoms with Gasteiger partial charge < -0.3 is 0 Å². The number of hydrogen-bond acceptors (Lipinski definition) is 0. The number of unbranched alkanes of at least 4 members (excludes halogenated alkanes) is 6. The van der Waals surface area contributed by atoms with Crippen molar-refractivity contribution in [3.05, 3.63) is 47.6 Å². The molecule has 1 rings (SSSR count). The standard InChI is InChI=1S/C24H40/c1-4-7-8-9-10-11-12-13-14-15-19-22(17-5-2)24-21-16-20-23(24)18-6-3/h13-14,16,18,20-22H,4-12,15,17,19H2,1-3H3/b14-13-,23-18-. The van der Waals surface area contributed by atoms with Gasteiger partial charge in [0.15, 0.2) is 0 Å². The second kappa shape index (κ2) is 14.3. The first-order valence-electron chi connectivity index (χ1n) is 10.6. The van der Waals surface area contributed by atoms with Crippen LogP contribution in [0.5, 0.6) is 0 Å². The minimum Gasteiger partial charge on any atom is -0.0885 e. The lowest BCUT2D eigenvalue weighted by molar-refractivity contribution is 0.521. The minimum absolute atomic E-state index is 0.737. The second-order valence-electron chi connectivity index (χ2n) is 7.14. The molecule has 0 saturated heterocycles. The van der Waals surface area contributed by atoms with Crippen molar-refractivity contribution in [3.8, 4) is 0 Å². The Kier molecular flexibility index (Phi) is 12.5. The second-order valence-corrected chi connectivity index (χ2v) is 7.14. The highest BCUT2D eigenvalue weighted by Gasteiger charge is 2.17. The summed E-state index contributed by atoms with van der Waals surface area (Å²) in [6.07, 6.45) is 30.0. The lowest BCUT2D eigenvalue weighted by Gasteiger charge is -2.18. The Morgan fingerprint density at radius 2 is 1.58 bits per heavy atom. The van der Waals surface area contributed by atoms with E-state index in [9.17, 15) is 0 Å². The summed E-state index contributed by atoms with van der Waals surface area (Å²) >= 11 is 0. The summed E-state index contributed by atoms with van der Waals surface area (Å²) in [6.45, 7) is 6.83. The van der Waals surface area contributed by atoms with Gasteiger partial charge in [0.2, 0.25) is 0 Å². The van der Waals surface area contributed by atoms with E-state index in [0.29, 0.717) is 0 Å². The zero-order valence-electron chi connectivity index (χ0n) is 16.5. The van der Waals surface area contributed by atoms with E-state index in [1.165, 1.54) is 76.2 Å². The zero-order valence-corrected chi connectivity index (χ0v) is 16.5. The van der Waals surface area contributed by atoms with E-state index in [1.54, 1.807) is 5.57 Å². The van der Waals surface area contributed by atoms with Crippen LogP contribution in [0.2, 0.25) is 0 Å². The van der Waals surface area contributed by atoms with Gasteiger partial charge in [0.05, 0.1) is 0 Å². The molecule has 0 aromatic rings. The van der Waals surface area contributed by atoms with Crippen LogP contribution in [-0.4, -0.2) is 0 Å². The molecule has 24 heavy (non-hydrogen) atoms. The summed E-state index contributed by atoms with van der Waals surface area (Å²) in [6, 6.07) is 0. The highest BCUT2D eigenvalue weighted by atomic mass is 14.2. The summed E-state index contributed by atoms with van der Waals surface area (Å²) < 4.78 is 0. The van der Waals surface area contributed by atoms with Crippen LogP contribution >= 0.6 is 0 Å². The molecular formula is C24H40. The predicted octanol–water partition coefficient (Wildman–Crippen LogP) is 8.32. The van der Waals surface area contributed by atoms with Crippen molar-refractivity contribution in [3.63, 3.8) is 0 Å². The molecule has 0 aliphatic heterocycles. The Hall–Kier alpha value is -1.04. The third-order valence-corrected chi connectivity index (χ3v) is 4.96. The monoisotopic (exact) mass is 328 g/mol. The Morgan fingerprint density at radius 1 is 0.833 bits per heavy atom. The number of hydrogen-bond donors (Lipinski definition) is 0. The summed E-state index contributed by atoms with van der Waals surface area (Å²) in [4.78, 5) is 0. The van der Waals surface area contributed by atoms with E-state index in [4.69, 9.17) is 0 Å². The summed E-state index contributed by atoms with van der Waals surface area (Å²) in [5.74, 6) is 0.737. The third kappa shape index (κ3) is 8.71. The van der Waals surface area contributed by atoms with Gasteiger partial charge in [-0.15, -0.1) is 0 Å². The first-order valence-corrected chi connectivity index (χ1v) is 10.6. The molecule has 0 spiro atoms. The molecular weight excluding hydrogens is 288 g/mol. The van der Waals surface area contributed by atoms with Crippen LogP contribution in [0.1, 0.15) is 97.8 Å². The molecule has 0 aromatic carbocycles. The van der Waals surface area contributed by atoms with Crippen LogP contribution in [0.15, 0.2) is 47.6 Å². The van der Waals surface area contributed by atoms with E-state index in [0.717, 1.165) is 12.3 Å². The molecule has 0 heteroatoms. The van der Waals surface area contributed by atoms with Crippen LogP contribution < -0.4 is 0 Å². The molecule has 1 unspecified atom stereocenters. The van der Waals surface area contributed by atoms with Gasteiger partial charge >= 0.3 is 0 Å². The molecule has 1 aliphatic rings. The Morgan fingerprint density at radius 3 is 2.33 bits per heavy atom. The lowest BCUT2D eigenvalue weighted by Crippen LogP contribution is -2.04. The molecule has 0 aromatic heterocycles. The predicted molar refractivity (Wildman–Crippen MR) is 110 cm³/mol. The number of allylic oxidation sites excluding steroid dienone is 8. The topological polar surface area (TPSA) is 0 Å². The van der Waals surface area contributed by atoms with Gasteiger partial charge in [-0.1, -0.05) is 95.8 Å². The van der Waals surface area contributed by atoms with Gasteiger partial charge in [0.25, 0.3) is 0 Å². The van der Waals surface area contributed by atoms with Gasteiger partial charge in [-0.2, -0.15) is 0 Å². The summed E-state index contributed by atoms with van der Waals surface area (Å²) in [7, 11) is 0. The SMILES string of the molecule is CC/C=C1/C=CC=C1C(CCC)CC/C=C\CCCCCCCC. The molecule has 0 saturated carbocycles. The van der Waals surface area contributed by atoms with Crippen molar-refractivity contribution in [1.29, 1.82) is 0 Å². The van der Waals surface area contributed by atoms with E-state index in [-0.39, 0.29) is 0 Å². The van der Waals surface area contributed by atoms with Crippen molar-refractivity contribution in [2.75, 3.05) is 0 Å². The molecule has 1 aliphatic carbocycles. The lowest BCUT2D eigenvalue weighted by atomic mass is 9.86. The number of rotatable bonds is 14. The summed E-state index contributed by atoms with van der Waals surface area (Å²) in [5, 5.41) is 0. The minimum atomic E-state index is 0.737. The fourth-order valence-electron chi connectivity index (χ4n) is 3.60. The highest BCUT2D eigenvalue weighted by molar-refractivity contribution is 5.49. The first kappa shape index (κ1) is 21.0. The van der Waals surface area contributed by atoms with Crippen molar-refractivity contribution < 1.29 is 0 Å². The van der Waals surface area contributed by atoms with Crippen LogP contribution in [0.25, 0.3) is 0 Å². The average Bonchev–Trinajstić information content (AvgIpc) is 3.04. The zero-order chi connectivity index (χ0) is 17.5. The molecule has 0 radical (unpaired) electrons. The van der Waals surface area contributed by atoms with Gasteiger partial charge in [-0.3, -0.25) is 0 Å². The molecule has 1 atom stereocenters. The van der Waals surface area contributed by atoms with Crippen LogP contribution in [-0.2, 0) is 0 Å². The van der Waals surface area contributed by atoms with E-state index in [2.05, 4.69) is 57.2 Å². The Balaban J connectivity index is 2.25. The van der Waals surface area contributed by atoms with Crippen molar-refractivity contribution in [1.82, 2.24) is 0 Å². The van der Waals surface area contributed by atoms with E-state index < -0.39 is 0 Å². The van der Waals surface area contributed by atoms with E-state index in [1.807, 2.05) is 0 Å². The van der Waals surface area contributed by atoms with Gasteiger partial charge in [0.1, 0.15) is 0 Å². The van der Waals surface area contributed by atoms with Gasteiger partial charge in [-0.05, 0) is 55.6 Å². The smallest absolute Gasteiger partial charge is 0.0153 e. The maximum Gasteiger partial charge on any atom is -0.0153 e. The Labute approximate surface area is 151 Å². The van der Waals surface area contributed by atoms with Crippen LogP contribution in [0.3, 0.4) is 0 Å². The molecule has 0 nitrogen and oxygen atoms in total. The maximum atomic E-state index is 2.43. The average molecular weight is 329 g/mol. The van der Waals surface area contributed by atoms with Crippen molar-refractivity contribution in [2.45, 2.75) is 97.8 Å². The Bertz CT molecular complexity index is 419. The molecule has 0 amide bonds. The highest BCUT2D eigenvalue weighted by Crippen LogP contribution is 2.32. The quantitative estimate of drug-likeness (QED) is 0.222. The fraction of sp³-hybridized carbons (Fsp3) is 0.667. The normalized spacial score (nSPS) is 17.1. The molecule has 0 bridgehead atoms. The van der Waals surface area contributed by atoms with Crippen LogP contribution in [0.4, 0.5) is 0 Å².